The Morgan fingerprint density at radius 3 is 2.47 bits per heavy atom. The molecule has 0 saturated heterocycles. The minimum atomic E-state index is -0.118. The van der Waals surface area contributed by atoms with Crippen LogP contribution >= 0.6 is 15.9 Å². The number of anilines is 1. The molecule has 0 fully saturated rings. The van der Waals surface area contributed by atoms with Crippen molar-refractivity contribution in [1.29, 1.82) is 0 Å². The Bertz CT molecular complexity index is 533. The van der Waals surface area contributed by atoms with Crippen LogP contribution in [0.4, 0.5) is 5.69 Å². The molecule has 0 aliphatic rings. The van der Waals surface area contributed by atoms with E-state index in [1.165, 1.54) is 0 Å². The highest BCUT2D eigenvalue weighted by Gasteiger charge is 2.15. The molecule has 0 bridgehead atoms. The van der Waals surface area contributed by atoms with Crippen molar-refractivity contribution in [2.45, 2.75) is 0 Å². The molecule has 0 N–H and O–H groups in total. The molecule has 0 aliphatic carbocycles. The monoisotopic (exact) mass is 293 g/mol. The van der Waals surface area contributed by atoms with Gasteiger partial charge >= 0.3 is 0 Å². The fourth-order valence-corrected chi connectivity index (χ4v) is 1.75. The number of hydrogen-bond donors (Lipinski definition) is 0. The summed E-state index contributed by atoms with van der Waals surface area (Å²) < 4.78 is 2.60. The number of carbonyl (C=O) groups excluding carboxylic acids is 1. The lowest BCUT2D eigenvalue weighted by Gasteiger charge is -2.15. The highest BCUT2D eigenvalue weighted by Crippen LogP contribution is 2.18. The van der Waals surface area contributed by atoms with Gasteiger partial charge in [-0.3, -0.25) is 9.48 Å². The minimum absolute atomic E-state index is 0.118. The van der Waals surface area contributed by atoms with E-state index in [1.54, 1.807) is 35.9 Å². The third-order valence-electron chi connectivity index (χ3n) is 2.45. The third kappa shape index (κ3) is 2.55. The van der Waals surface area contributed by atoms with Crippen molar-refractivity contribution in [1.82, 2.24) is 9.78 Å². The Hall–Kier alpha value is -1.62. The van der Waals surface area contributed by atoms with E-state index in [0.29, 0.717) is 5.69 Å². The molecule has 0 saturated carbocycles. The molecule has 1 heterocycles. The van der Waals surface area contributed by atoms with E-state index < -0.39 is 0 Å². The number of amides is 1. The van der Waals surface area contributed by atoms with Gasteiger partial charge in [0.05, 0.1) is 0 Å². The maximum Gasteiger partial charge on any atom is 0.278 e. The number of nitrogens with zero attached hydrogens (tertiary/aromatic N) is 3. The summed E-state index contributed by atoms with van der Waals surface area (Å²) in [6.07, 6.45) is 1.75. The van der Waals surface area contributed by atoms with Crippen molar-refractivity contribution in [3.8, 4) is 0 Å². The molecule has 0 spiro atoms. The highest BCUT2D eigenvalue weighted by atomic mass is 79.9. The topological polar surface area (TPSA) is 38.1 Å². The Labute approximate surface area is 108 Å². The summed E-state index contributed by atoms with van der Waals surface area (Å²) in [4.78, 5) is 13.7. The van der Waals surface area contributed by atoms with Crippen molar-refractivity contribution >= 4 is 27.5 Å². The van der Waals surface area contributed by atoms with Gasteiger partial charge in [0.1, 0.15) is 0 Å². The normalized spacial score (nSPS) is 10.3. The van der Waals surface area contributed by atoms with E-state index in [-0.39, 0.29) is 5.91 Å². The van der Waals surface area contributed by atoms with Gasteiger partial charge in [-0.25, -0.2) is 0 Å². The molecule has 2 rings (SSSR count). The molecule has 88 valence electrons. The van der Waals surface area contributed by atoms with Crippen molar-refractivity contribution in [3.63, 3.8) is 0 Å². The standard InChI is InChI=1S/C12H12BrN3O/c1-15-8-7-11(14-15)12(17)16(2)10-5-3-9(13)4-6-10/h3-8H,1-2H3. The molecule has 2 aromatic rings. The van der Waals surface area contributed by atoms with Gasteiger partial charge in [-0.15, -0.1) is 0 Å². The molecule has 4 nitrogen and oxygen atoms in total. The van der Waals surface area contributed by atoms with Gasteiger partial charge in [-0.1, -0.05) is 15.9 Å². The summed E-state index contributed by atoms with van der Waals surface area (Å²) >= 11 is 3.36. The van der Waals surface area contributed by atoms with Gasteiger partial charge in [-0.05, 0) is 30.3 Å². The number of aryl methyl sites for hydroxylation is 1. The molecule has 1 amide bonds. The van der Waals surface area contributed by atoms with E-state index in [2.05, 4.69) is 21.0 Å². The van der Waals surface area contributed by atoms with Crippen LogP contribution in [0.2, 0.25) is 0 Å². The second-order valence-corrected chi connectivity index (χ2v) is 4.63. The second-order valence-electron chi connectivity index (χ2n) is 3.72. The Kier molecular flexibility index (Phi) is 3.28. The maximum atomic E-state index is 12.1. The van der Waals surface area contributed by atoms with Gasteiger partial charge in [0, 0.05) is 30.5 Å². The number of carbonyl (C=O) groups is 1. The maximum absolute atomic E-state index is 12.1. The lowest BCUT2D eigenvalue weighted by molar-refractivity contribution is 0.0987. The van der Waals surface area contributed by atoms with Gasteiger partial charge in [-0.2, -0.15) is 5.10 Å². The SMILES string of the molecule is CN(C(=O)c1ccn(C)n1)c1ccc(Br)cc1. The Morgan fingerprint density at radius 1 is 1.29 bits per heavy atom. The summed E-state index contributed by atoms with van der Waals surface area (Å²) in [6, 6.07) is 9.27. The van der Waals surface area contributed by atoms with E-state index >= 15 is 0 Å². The van der Waals surface area contributed by atoms with Crippen LogP contribution in [0.5, 0.6) is 0 Å². The van der Waals surface area contributed by atoms with Crippen LogP contribution in [-0.2, 0) is 7.05 Å². The zero-order valence-corrected chi connectivity index (χ0v) is 11.2. The zero-order valence-electron chi connectivity index (χ0n) is 9.59. The van der Waals surface area contributed by atoms with Crippen LogP contribution in [0.25, 0.3) is 0 Å². The minimum Gasteiger partial charge on any atom is -0.310 e. The van der Waals surface area contributed by atoms with E-state index in [4.69, 9.17) is 0 Å². The summed E-state index contributed by atoms with van der Waals surface area (Å²) in [5, 5.41) is 4.09. The first-order valence-electron chi connectivity index (χ1n) is 5.11. The van der Waals surface area contributed by atoms with Crippen LogP contribution in [-0.4, -0.2) is 22.7 Å². The third-order valence-corrected chi connectivity index (χ3v) is 2.98. The number of aromatic nitrogens is 2. The molecule has 17 heavy (non-hydrogen) atoms. The van der Waals surface area contributed by atoms with Gasteiger partial charge in [0.25, 0.3) is 5.91 Å². The van der Waals surface area contributed by atoms with Crippen LogP contribution < -0.4 is 4.90 Å². The van der Waals surface area contributed by atoms with Crippen molar-refractivity contribution in [2.24, 2.45) is 7.05 Å². The Balaban J connectivity index is 2.23. The predicted octanol–water partition coefficient (Wildman–Crippen LogP) is 2.46. The smallest absolute Gasteiger partial charge is 0.278 e. The molecule has 0 aliphatic heterocycles. The zero-order chi connectivity index (χ0) is 12.4. The van der Waals surface area contributed by atoms with Gasteiger partial charge in [0.15, 0.2) is 5.69 Å². The molecule has 1 aromatic heterocycles. The molecular weight excluding hydrogens is 282 g/mol. The summed E-state index contributed by atoms with van der Waals surface area (Å²) in [5.74, 6) is -0.118. The van der Waals surface area contributed by atoms with Crippen LogP contribution in [0.1, 0.15) is 10.5 Å². The second kappa shape index (κ2) is 4.71. The lowest BCUT2D eigenvalue weighted by Crippen LogP contribution is -2.26. The lowest BCUT2D eigenvalue weighted by atomic mass is 10.3. The number of halogens is 1. The molecule has 1 aromatic carbocycles. The molecular formula is C12H12BrN3O. The molecule has 5 heteroatoms. The summed E-state index contributed by atoms with van der Waals surface area (Å²) in [5.41, 5.74) is 1.28. The molecule has 0 atom stereocenters. The number of benzene rings is 1. The van der Waals surface area contributed by atoms with Crippen molar-refractivity contribution < 1.29 is 4.79 Å². The highest BCUT2D eigenvalue weighted by molar-refractivity contribution is 9.10. The van der Waals surface area contributed by atoms with Crippen LogP contribution in [0, 0.1) is 0 Å². The molecule has 0 radical (unpaired) electrons. The molecule has 0 unspecified atom stereocenters. The Morgan fingerprint density at radius 2 is 1.94 bits per heavy atom. The van der Waals surface area contributed by atoms with Gasteiger partial charge in [0.2, 0.25) is 0 Å². The van der Waals surface area contributed by atoms with Crippen molar-refractivity contribution in [3.05, 3.63) is 46.7 Å². The summed E-state index contributed by atoms with van der Waals surface area (Å²) in [6.45, 7) is 0. The average molecular weight is 294 g/mol. The van der Waals surface area contributed by atoms with Gasteiger partial charge < -0.3 is 4.90 Å². The largest absolute Gasteiger partial charge is 0.310 e. The van der Waals surface area contributed by atoms with E-state index in [9.17, 15) is 4.79 Å². The van der Waals surface area contributed by atoms with Crippen molar-refractivity contribution in [2.75, 3.05) is 11.9 Å². The predicted molar refractivity (Wildman–Crippen MR) is 70.1 cm³/mol. The quantitative estimate of drug-likeness (QED) is 0.853. The van der Waals surface area contributed by atoms with Crippen LogP contribution in [0.15, 0.2) is 41.0 Å². The first-order chi connectivity index (χ1) is 8.08. The fourth-order valence-electron chi connectivity index (χ4n) is 1.48. The fraction of sp³-hybridized carbons (Fsp3) is 0.167. The first kappa shape index (κ1) is 11.9. The van der Waals surface area contributed by atoms with E-state index in [0.717, 1.165) is 10.2 Å². The summed E-state index contributed by atoms with van der Waals surface area (Å²) in [7, 11) is 3.52. The first-order valence-corrected chi connectivity index (χ1v) is 5.90. The van der Waals surface area contributed by atoms with E-state index in [1.807, 2.05) is 24.3 Å². The average Bonchev–Trinajstić information content (AvgIpc) is 2.75. The number of rotatable bonds is 2. The van der Waals surface area contributed by atoms with Crippen LogP contribution in [0.3, 0.4) is 0 Å². The number of hydrogen-bond acceptors (Lipinski definition) is 2.